The van der Waals surface area contributed by atoms with Gasteiger partial charge in [0.1, 0.15) is 5.75 Å². The van der Waals surface area contributed by atoms with E-state index in [-0.39, 0.29) is 44.7 Å². The molecule has 35 heavy (non-hydrogen) atoms. The molecular formula is C28H46N2O3S2. The van der Waals surface area contributed by atoms with Gasteiger partial charge in [-0.2, -0.15) is 4.72 Å². The van der Waals surface area contributed by atoms with Crippen molar-refractivity contribution in [1.82, 2.24) is 9.71 Å². The molecule has 0 fully saturated rings. The number of nitrogens with zero attached hydrogens (tertiary/aromatic N) is 1. The normalized spacial score (nSPS) is 11.9. The second kappa shape index (κ2) is 12.3. The maximum Gasteiger partial charge on any atom is 0.243 e. The molecule has 2 aromatic carbocycles. The number of thiazole rings is 1. The highest BCUT2D eigenvalue weighted by Gasteiger charge is 2.27. The van der Waals surface area contributed by atoms with Gasteiger partial charge in [0, 0.05) is 5.56 Å². The van der Waals surface area contributed by atoms with Gasteiger partial charge < -0.3 is 4.74 Å². The molecule has 5 nitrogen and oxygen atoms in total. The number of rotatable bonds is 9. The number of benzene rings is 2. The molecule has 0 saturated heterocycles. The first kappa shape index (κ1) is 33.0. The Morgan fingerprint density at radius 1 is 0.943 bits per heavy atom. The van der Waals surface area contributed by atoms with Gasteiger partial charge in [-0.05, 0) is 60.4 Å². The monoisotopic (exact) mass is 522 g/mol. The fraction of sp³-hybridized carbons (Fsp3) is 0.536. The molecule has 198 valence electrons. The van der Waals surface area contributed by atoms with E-state index in [4.69, 9.17) is 4.74 Å². The van der Waals surface area contributed by atoms with Gasteiger partial charge in [0.25, 0.3) is 0 Å². The Labute approximate surface area is 218 Å². The summed E-state index contributed by atoms with van der Waals surface area (Å²) in [5.74, 6) is 0.712. The molecule has 0 radical (unpaired) electrons. The minimum absolute atomic E-state index is 0. The fourth-order valence-electron chi connectivity index (χ4n) is 3.46. The number of ether oxygens (including phenoxy) is 1. The lowest BCUT2D eigenvalue weighted by Crippen LogP contribution is -2.29. The first-order valence-electron chi connectivity index (χ1n) is 11.0. The van der Waals surface area contributed by atoms with Gasteiger partial charge in [-0.15, -0.1) is 11.3 Å². The van der Waals surface area contributed by atoms with Crippen LogP contribution in [0.3, 0.4) is 0 Å². The number of aryl methyl sites for hydroxylation is 1. The molecule has 1 heterocycles. The molecule has 0 aliphatic carbocycles. The molecule has 3 rings (SSSR count). The van der Waals surface area contributed by atoms with Crippen molar-refractivity contribution < 1.29 is 13.2 Å². The van der Waals surface area contributed by atoms with E-state index in [0.29, 0.717) is 5.75 Å². The number of sulfonamides is 1. The smallest absolute Gasteiger partial charge is 0.243 e. The molecule has 7 heteroatoms. The molecule has 0 aliphatic rings. The Hall–Kier alpha value is -1.96. The summed E-state index contributed by atoms with van der Waals surface area (Å²) >= 11 is 1.48. The Bertz CT molecular complexity index is 1210. The van der Waals surface area contributed by atoms with E-state index >= 15 is 0 Å². The number of hydrogen-bond donors (Lipinski definition) is 1. The topological polar surface area (TPSA) is 68.3 Å². The zero-order valence-corrected chi connectivity index (χ0v) is 21.7. The number of nitrogens with one attached hydrogen (secondary N) is 1. The SMILES string of the molecule is C.C.C.CCC(C)(C)c1ccc(OCNS(=O)(=O)c2ccc3nc(C)sc3c2)c(C(C)(C)CC)c1. The predicted octanol–water partition coefficient (Wildman–Crippen LogP) is 8.20. The summed E-state index contributed by atoms with van der Waals surface area (Å²) in [6.07, 6.45) is 1.97. The first-order chi connectivity index (χ1) is 14.9. The average Bonchev–Trinajstić information content (AvgIpc) is 3.12. The summed E-state index contributed by atoms with van der Waals surface area (Å²) < 4.78 is 35.1. The second-order valence-electron chi connectivity index (χ2n) is 9.48. The minimum Gasteiger partial charge on any atom is -0.477 e. The zero-order valence-electron chi connectivity index (χ0n) is 20.1. The summed E-state index contributed by atoms with van der Waals surface area (Å²) in [6.45, 7) is 15.0. The molecule has 0 aliphatic heterocycles. The van der Waals surface area contributed by atoms with Crippen molar-refractivity contribution in [2.24, 2.45) is 0 Å². The van der Waals surface area contributed by atoms with Crippen LogP contribution in [0.2, 0.25) is 0 Å². The van der Waals surface area contributed by atoms with Crippen LogP contribution in [0.15, 0.2) is 41.3 Å². The van der Waals surface area contributed by atoms with E-state index < -0.39 is 10.0 Å². The van der Waals surface area contributed by atoms with Gasteiger partial charge in [-0.1, -0.05) is 76.0 Å². The predicted molar refractivity (Wildman–Crippen MR) is 153 cm³/mol. The second-order valence-corrected chi connectivity index (χ2v) is 12.5. The van der Waals surface area contributed by atoms with Crippen LogP contribution in [-0.2, 0) is 20.9 Å². The standard InChI is InChI=1S/C25H34N2O3S2.3CH4/c1-8-24(4,5)18-10-13-22(20(14-18)25(6,7)9-2)30-16-26-32(28,29)19-11-12-21-23(15-19)31-17(3)27-21;;;/h10-15,26H,8-9,16H2,1-7H3;3*1H4. The molecule has 0 amide bonds. The van der Waals surface area contributed by atoms with Crippen molar-refractivity contribution in [1.29, 1.82) is 0 Å². The summed E-state index contributed by atoms with van der Waals surface area (Å²) in [6, 6.07) is 11.3. The molecular weight excluding hydrogens is 476 g/mol. The highest BCUT2D eigenvalue weighted by atomic mass is 32.2. The lowest BCUT2D eigenvalue weighted by atomic mass is 9.76. The van der Waals surface area contributed by atoms with Gasteiger partial charge in [-0.3, -0.25) is 0 Å². The molecule has 0 saturated carbocycles. The molecule has 0 spiro atoms. The van der Waals surface area contributed by atoms with E-state index in [2.05, 4.69) is 63.4 Å². The van der Waals surface area contributed by atoms with Crippen LogP contribution in [0.4, 0.5) is 0 Å². The van der Waals surface area contributed by atoms with E-state index in [1.54, 1.807) is 18.2 Å². The number of fused-ring (bicyclic) bond motifs is 1. The average molecular weight is 523 g/mol. The summed E-state index contributed by atoms with van der Waals surface area (Å²) in [4.78, 5) is 4.60. The van der Waals surface area contributed by atoms with Crippen LogP contribution in [-0.4, -0.2) is 20.1 Å². The van der Waals surface area contributed by atoms with Crippen molar-refractivity contribution >= 4 is 31.6 Å². The van der Waals surface area contributed by atoms with Crippen LogP contribution < -0.4 is 9.46 Å². The van der Waals surface area contributed by atoms with Crippen molar-refractivity contribution in [3.63, 3.8) is 0 Å². The minimum atomic E-state index is -3.70. The summed E-state index contributed by atoms with van der Waals surface area (Å²) in [7, 11) is -3.70. The van der Waals surface area contributed by atoms with Crippen LogP contribution in [0, 0.1) is 6.92 Å². The Morgan fingerprint density at radius 3 is 2.17 bits per heavy atom. The Kier molecular flexibility index (Phi) is 11.6. The van der Waals surface area contributed by atoms with Crippen molar-refractivity contribution in [2.75, 3.05) is 6.73 Å². The highest BCUT2D eigenvalue weighted by Crippen LogP contribution is 2.38. The van der Waals surface area contributed by atoms with Gasteiger partial charge in [0.15, 0.2) is 6.73 Å². The summed E-state index contributed by atoms with van der Waals surface area (Å²) in [5.41, 5.74) is 3.14. The lowest BCUT2D eigenvalue weighted by Gasteiger charge is -2.30. The lowest BCUT2D eigenvalue weighted by molar-refractivity contribution is 0.299. The van der Waals surface area contributed by atoms with Crippen molar-refractivity contribution in [3.05, 3.63) is 52.5 Å². The fourth-order valence-corrected chi connectivity index (χ4v) is 5.30. The Balaban J connectivity index is 0.00000385. The zero-order chi connectivity index (χ0) is 23.7. The maximum absolute atomic E-state index is 12.8. The largest absolute Gasteiger partial charge is 0.477 e. The van der Waals surface area contributed by atoms with E-state index in [1.807, 2.05) is 13.0 Å². The maximum atomic E-state index is 12.8. The van der Waals surface area contributed by atoms with Crippen molar-refractivity contribution in [3.8, 4) is 5.75 Å². The van der Waals surface area contributed by atoms with E-state index in [1.165, 1.54) is 16.9 Å². The quantitative estimate of drug-likeness (QED) is 0.288. The van der Waals surface area contributed by atoms with Gasteiger partial charge in [0.2, 0.25) is 10.0 Å². The van der Waals surface area contributed by atoms with Crippen LogP contribution >= 0.6 is 11.3 Å². The first-order valence-corrected chi connectivity index (χ1v) is 13.3. The van der Waals surface area contributed by atoms with Crippen LogP contribution in [0.25, 0.3) is 10.2 Å². The summed E-state index contributed by atoms with van der Waals surface area (Å²) in [5, 5.41) is 0.909. The molecule has 0 bridgehead atoms. The van der Waals surface area contributed by atoms with E-state index in [9.17, 15) is 8.42 Å². The molecule has 3 aromatic rings. The molecule has 0 unspecified atom stereocenters. The van der Waals surface area contributed by atoms with Crippen LogP contribution in [0.5, 0.6) is 5.75 Å². The van der Waals surface area contributed by atoms with Crippen LogP contribution in [0.1, 0.15) is 92.8 Å². The third-order valence-corrected chi connectivity index (χ3v) is 8.82. The number of aromatic nitrogens is 1. The Morgan fingerprint density at radius 2 is 1.57 bits per heavy atom. The van der Waals surface area contributed by atoms with Gasteiger partial charge >= 0.3 is 0 Å². The molecule has 1 N–H and O–H groups in total. The highest BCUT2D eigenvalue weighted by molar-refractivity contribution is 7.89. The van der Waals surface area contributed by atoms with E-state index in [0.717, 1.165) is 33.6 Å². The number of hydrogen-bond acceptors (Lipinski definition) is 5. The third kappa shape index (κ3) is 7.28. The molecule has 0 atom stereocenters. The third-order valence-electron chi connectivity index (χ3n) is 6.51. The van der Waals surface area contributed by atoms with Gasteiger partial charge in [0.05, 0.1) is 20.1 Å². The van der Waals surface area contributed by atoms with Crippen molar-refractivity contribution in [2.45, 2.75) is 99.3 Å². The molecule has 1 aromatic heterocycles. The van der Waals surface area contributed by atoms with Gasteiger partial charge in [-0.25, -0.2) is 13.4 Å².